The highest BCUT2D eigenvalue weighted by molar-refractivity contribution is 7.21. The third-order valence-electron chi connectivity index (χ3n) is 3.18. The molecule has 2 aromatic rings. The zero-order chi connectivity index (χ0) is 14.5. The minimum Gasteiger partial charge on any atom is -0.396 e. The Hall–Kier alpha value is -1.62. The molecule has 0 fully saturated rings. The average molecular weight is 291 g/mol. The summed E-state index contributed by atoms with van der Waals surface area (Å²) < 4.78 is 0.954. The number of rotatable bonds is 6. The van der Waals surface area contributed by atoms with Crippen molar-refractivity contribution in [3.8, 4) is 0 Å². The van der Waals surface area contributed by atoms with Crippen molar-refractivity contribution < 1.29 is 4.79 Å². The number of amides is 1. The molecular weight excluding hydrogens is 270 g/mol. The molecule has 0 bridgehead atoms. The van der Waals surface area contributed by atoms with E-state index in [1.54, 1.807) is 6.20 Å². The number of hydrogen-bond donors (Lipinski definition) is 2. The lowest BCUT2D eigenvalue weighted by atomic mass is 10.1. The smallest absolute Gasteiger partial charge is 0.263 e. The lowest BCUT2D eigenvalue weighted by Crippen LogP contribution is -2.24. The van der Waals surface area contributed by atoms with Gasteiger partial charge in [0.05, 0.1) is 10.4 Å². The Labute approximate surface area is 123 Å². The number of nitrogens with zero attached hydrogens (tertiary/aromatic N) is 1. The number of unbranched alkanes of at least 4 members (excludes halogenated alkanes) is 1. The molecule has 0 saturated carbocycles. The number of thiophene rings is 1. The summed E-state index contributed by atoms with van der Waals surface area (Å²) in [5.74, 6) is 0.630. The van der Waals surface area contributed by atoms with Crippen LogP contribution in [0.4, 0.5) is 5.69 Å². The molecule has 1 amide bonds. The van der Waals surface area contributed by atoms with E-state index in [-0.39, 0.29) is 5.91 Å². The summed E-state index contributed by atoms with van der Waals surface area (Å²) in [6.45, 7) is 5.12. The maximum atomic E-state index is 12.1. The molecule has 0 unspecified atom stereocenters. The number of aromatic nitrogens is 1. The molecule has 0 radical (unpaired) electrons. The molecule has 0 aliphatic heterocycles. The van der Waals surface area contributed by atoms with Crippen molar-refractivity contribution in [1.29, 1.82) is 0 Å². The molecule has 20 heavy (non-hydrogen) atoms. The van der Waals surface area contributed by atoms with E-state index in [0.717, 1.165) is 29.0 Å². The van der Waals surface area contributed by atoms with Gasteiger partial charge < -0.3 is 11.1 Å². The molecular formula is C15H21N3OS. The molecule has 0 saturated heterocycles. The highest BCUT2D eigenvalue weighted by Crippen LogP contribution is 2.31. The third-order valence-corrected chi connectivity index (χ3v) is 4.34. The van der Waals surface area contributed by atoms with Gasteiger partial charge in [-0.15, -0.1) is 11.3 Å². The number of hydrogen-bond acceptors (Lipinski definition) is 4. The monoisotopic (exact) mass is 291 g/mol. The van der Waals surface area contributed by atoms with Gasteiger partial charge in [-0.2, -0.15) is 0 Å². The van der Waals surface area contributed by atoms with Gasteiger partial charge in [0.25, 0.3) is 5.91 Å². The molecule has 3 N–H and O–H groups in total. The van der Waals surface area contributed by atoms with Gasteiger partial charge in [-0.05, 0) is 24.5 Å². The number of fused-ring (bicyclic) bond motifs is 1. The summed E-state index contributed by atoms with van der Waals surface area (Å²) in [6, 6.07) is 3.79. The fourth-order valence-corrected chi connectivity index (χ4v) is 3.07. The van der Waals surface area contributed by atoms with Crippen LogP contribution in [-0.4, -0.2) is 17.4 Å². The number of nitrogens with two attached hydrogens (primary N) is 1. The normalized spacial score (nSPS) is 11.2. The van der Waals surface area contributed by atoms with Crippen LogP contribution in [0.1, 0.15) is 42.8 Å². The Bertz CT molecular complexity index is 592. The second-order valence-electron chi connectivity index (χ2n) is 5.34. The van der Waals surface area contributed by atoms with Crippen molar-refractivity contribution in [3.63, 3.8) is 0 Å². The number of nitrogens with one attached hydrogen (secondary N) is 1. The SMILES string of the molecule is CC(C)CCCCNC(=O)c1sc2cccnc2c1N. The van der Waals surface area contributed by atoms with E-state index in [1.165, 1.54) is 17.8 Å². The quantitative estimate of drug-likeness (QED) is 0.801. The molecule has 0 spiro atoms. The minimum atomic E-state index is -0.0879. The van der Waals surface area contributed by atoms with Crippen LogP contribution in [0.25, 0.3) is 10.2 Å². The summed E-state index contributed by atoms with van der Waals surface area (Å²) in [7, 11) is 0. The first-order chi connectivity index (χ1) is 9.59. The molecule has 0 aliphatic carbocycles. The maximum absolute atomic E-state index is 12.1. The second-order valence-corrected chi connectivity index (χ2v) is 6.39. The fraction of sp³-hybridized carbons (Fsp3) is 0.467. The van der Waals surface area contributed by atoms with E-state index in [0.29, 0.717) is 17.1 Å². The molecule has 2 heterocycles. The Kier molecular flexibility index (Phi) is 4.95. The predicted molar refractivity (Wildman–Crippen MR) is 85.1 cm³/mol. The van der Waals surface area contributed by atoms with E-state index < -0.39 is 0 Å². The zero-order valence-corrected chi connectivity index (χ0v) is 12.8. The van der Waals surface area contributed by atoms with Crippen LogP contribution in [0.15, 0.2) is 18.3 Å². The Morgan fingerprint density at radius 1 is 1.45 bits per heavy atom. The largest absolute Gasteiger partial charge is 0.396 e. The van der Waals surface area contributed by atoms with Gasteiger partial charge in [0.15, 0.2) is 0 Å². The molecule has 0 aliphatic rings. The first-order valence-corrected chi connectivity index (χ1v) is 7.82. The summed E-state index contributed by atoms with van der Waals surface area (Å²) in [6.07, 6.45) is 5.04. The lowest BCUT2D eigenvalue weighted by Gasteiger charge is -2.06. The van der Waals surface area contributed by atoms with Crippen LogP contribution >= 0.6 is 11.3 Å². The van der Waals surface area contributed by atoms with Gasteiger partial charge in [-0.25, -0.2) is 0 Å². The summed E-state index contributed by atoms with van der Waals surface area (Å²) in [5, 5.41) is 2.94. The average Bonchev–Trinajstić information content (AvgIpc) is 2.76. The van der Waals surface area contributed by atoms with Gasteiger partial charge in [-0.1, -0.05) is 26.7 Å². The van der Waals surface area contributed by atoms with E-state index in [1.807, 2.05) is 12.1 Å². The van der Waals surface area contributed by atoms with Crippen molar-refractivity contribution >= 4 is 33.1 Å². The van der Waals surface area contributed by atoms with Gasteiger partial charge in [-0.3, -0.25) is 9.78 Å². The van der Waals surface area contributed by atoms with Gasteiger partial charge in [0.1, 0.15) is 10.4 Å². The highest BCUT2D eigenvalue weighted by Gasteiger charge is 2.16. The van der Waals surface area contributed by atoms with Crippen molar-refractivity contribution in [2.24, 2.45) is 5.92 Å². The molecule has 5 heteroatoms. The van der Waals surface area contributed by atoms with Crippen molar-refractivity contribution in [3.05, 3.63) is 23.2 Å². The molecule has 4 nitrogen and oxygen atoms in total. The standard InChI is InChI=1S/C15H21N3OS/c1-10(2)6-3-4-8-18-15(19)14-12(16)13-11(20-14)7-5-9-17-13/h5,7,9-10H,3-4,6,8,16H2,1-2H3,(H,18,19). The summed E-state index contributed by atoms with van der Waals surface area (Å²) >= 11 is 1.40. The van der Waals surface area contributed by atoms with Crippen LogP contribution in [0.3, 0.4) is 0 Å². The van der Waals surface area contributed by atoms with Gasteiger partial charge in [0.2, 0.25) is 0 Å². The van der Waals surface area contributed by atoms with Crippen molar-refractivity contribution in [2.45, 2.75) is 33.1 Å². The molecule has 108 valence electrons. The van der Waals surface area contributed by atoms with E-state index in [9.17, 15) is 4.79 Å². The lowest BCUT2D eigenvalue weighted by molar-refractivity contribution is 0.0958. The Morgan fingerprint density at radius 3 is 2.95 bits per heavy atom. The fourth-order valence-electron chi connectivity index (χ4n) is 2.08. The van der Waals surface area contributed by atoms with Crippen LogP contribution in [0, 0.1) is 5.92 Å². The molecule has 0 atom stereocenters. The third kappa shape index (κ3) is 3.48. The Morgan fingerprint density at radius 2 is 2.25 bits per heavy atom. The predicted octanol–water partition coefficient (Wildman–Crippen LogP) is 3.43. The number of carbonyl (C=O) groups excluding carboxylic acids is 1. The van der Waals surface area contributed by atoms with Gasteiger partial charge in [0, 0.05) is 12.7 Å². The molecule has 2 aromatic heterocycles. The zero-order valence-electron chi connectivity index (χ0n) is 12.0. The summed E-state index contributed by atoms with van der Waals surface area (Å²) in [4.78, 5) is 16.9. The first kappa shape index (κ1) is 14.8. The second kappa shape index (κ2) is 6.70. The van der Waals surface area contributed by atoms with Crippen LogP contribution < -0.4 is 11.1 Å². The van der Waals surface area contributed by atoms with Crippen LogP contribution in [-0.2, 0) is 0 Å². The van der Waals surface area contributed by atoms with E-state index in [4.69, 9.17) is 5.73 Å². The van der Waals surface area contributed by atoms with E-state index in [2.05, 4.69) is 24.1 Å². The highest BCUT2D eigenvalue weighted by atomic mass is 32.1. The van der Waals surface area contributed by atoms with Crippen molar-refractivity contribution in [2.75, 3.05) is 12.3 Å². The maximum Gasteiger partial charge on any atom is 0.263 e. The van der Waals surface area contributed by atoms with Crippen molar-refractivity contribution in [1.82, 2.24) is 10.3 Å². The van der Waals surface area contributed by atoms with E-state index >= 15 is 0 Å². The van der Waals surface area contributed by atoms with Crippen LogP contribution in [0.5, 0.6) is 0 Å². The van der Waals surface area contributed by atoms with Gasteiger partial charge >= 0.3 is 0 Å². The number of nitrogen functional groups attached to an aromatic ring is 1. The Balaban J connectivity index is 1.93. The molecule has 0 aromatic carbocycles. The molecule has 2 rings (SSSR count). The number of carbonyl (C=O) groups is 1. The van der Waals surface area contributed by atoms with Crippen LogP contribution in [0.2, 0.25) is 0 Å². The first-order valence-electron chi connectivity index (χ1n) is 7.00. The number of pyridine rings is 1. The minimum absolute atomic E-state index is 0.0879. The topological polar surface area (TPSA) is 68.0 Å². The summed E-state index contributed by atoms with van der Waals surface area (Å²) in [5.41, 5.74) is 7.21. The number of anilines is 1.